The molecule has 1 amide bonds. The quantitative estimate of drug-likeness (QED) is 0.842. The van der Waals surface area contributed by atoms with Gasteiger partial charge in [0.1, 0.15) is 5.76 Å². The first kappa shape index (κ1) is 17.3. The molecule has 0 saturated heterocycles. The van der Waals surface area contributed by atoms with Crippen LogP contribution >= 0.6 is 11.6 Å². The number of aryl methyl sites for hydroxylation is 1. The molecule has 0 aliphatic heterocycles. The largest absolute Gasteiger partial charge is 0.384 e. The molecule has 0 unspecified atom stereocenters. The Morgan fingerprint density at radius 3 is 2.61 bits per heavy atom. The van der Waals surface area contributed by atoms with Crippen LogP contribution in [0, 0.1) is 0 Å². The maximum atomic E-state index is 12.6. The van der Waals surface area contributed by atoms with E-state index in [9.17, 15) is 9.59 Å². The van der Waals surface area contributed by atoms with E-state index in [1.807, 2.05) is 36.1 Å². The van der Waals surface area contributed by atoms with Crippen molar-refractivity contribution in [3.05, 3.63) is 57.0 Å². The second-order valence-electron chi connectivity index (χ2n) is 5.58. The zero-order chi connectivity index (χ0) is 16.8. The second kappa shape index (κ2) is 8.02. The van der Waals surface area contributed by atoms with Crippen LogP contribution in [0.25, 0.3) is 0 Å². The zero-order valence-electron chi connectivity index (χ0n) is 13.3. The van der Waals surface area contributed by atoms with Crippen LogP contribution in [-0.4, -0.2) is 22.0 Å². The average Bonchev–Trinajstić information content (AvgIpc) is 2.97. The highest BCUT2D eigenvalue weighted by Gasteiger charge is 2.19. The number of benzene rings is 1. The smallest absolute Gasteiger partial charge is 0.280 e. The normalized spacial score (nSPS) is 12.1. The summed E-state index contributed by atoms with van der Waals surface area (Å²) in [6.45, 7) is 4.63. The van der Waals surface area contributed by atoms with Gasteiger partial charge in [-0.1, -0.05) is 30.7 Å². The Morgan fingerprint density at radius 1 is 1.35 bits per heavy atom. The van der Waals surface area contributed by atoms with Crippen LogP contribution in [0.3, 0.4) is 0 Å². The molecule has 1 aromatic carbocycles. The van der Waals surface area contributed by atoms with Gasteiger partial charge < -0.3 is 9.42 Å². The molecular formula is C17H21ClN2O3. The summed E-state index contributed by atoms with van der Waals surface area (Å²) in [5.74, 6) is 0.539. The van der Waals surface area contributed by atoms with Crippen molar-refractivity contribution in [3.8, 4) is 0 Å². The van der Waals surface area contributed by atoms with Crippen molar-refractivity contribution in [2.24, 2.45) is 0 Å². The molecule has 0 spiro atoms. The predicted molar refractivity (Wildman–Crippen MR) is 89.4 cm³/mol. The van der Waals surface area contributed by atoms with E-state index in [4.69, 9.17) is 16.1 Å². The molecular weight excluding hydrogens is 316 g/mol. The average molecular weight is 337 g/mol. The fourth-order valence-electron chi connectivity index (χ4n) is 2.31. The minimum absolute atomic E-state index is 0.0400. The van der Waals surface area contributed by atoms with E-state index in [1.54, 1.807) is 0 Å². The number of halogens is 1. The number of aromatic amines is 1. The third kappa shape index (κ3) is 4.99. The number of aromatic nitrogens is 1. The highest BCUT2D eigenvalue weighted by atomic mass is 35.5. The highest BCUT2D eigenvalue weighted by Crippen LogP contribution is 2.16. The first-order valence-electron chi connectivity index (χ1n) is 7.71. The third-order valence-electron chi connectivity index (χ3n) is 3.87. The number of carbonyl (C=O) groups is 1. The van der Waals surface area contributed by atoms with E-state index < -0.39 is 0 Å². The Bertz CT molecular complexity index is 690. The molecule has 2 aromatic rings. The monoisotopic (exact) mass is 336 g/mol. The van der Waals surface area contributed by atoms with Crippen molar-refractivity contribution in [2.45, 2.75) is 45.7 Å². The Balaban J connectivity index is 2.02. The molecule has 0 aliphatic rings. The number of H-pyrrole nitrogens is 1. The van der Waals surface area contributed by atoms with E-state index in [-0.39, 0.29) is 17.5 Å². The van der Waals surface area contributed by atoms with E-state index in [0.29, 0.717) is 30.2 Å². The molecule has 0 fully saturated rings. The van der Waals surface area contributed by atoms with Crippen molar-refractivity contribution in [3.63, 3.8) is 0 Å². The minimum atomic E-state index is -0.285. The minimum Gasteiger partial charge on any atom is -0.384 e. The Morgan fingerprint density at radius 2 is 2.04 bits per heavy atom. The molecule has 1 aromatic heterocycles. The van der Waals surface area contributed by atoms with Crippen LogP contribution in [0.2, 0.25) is 5.02 Å². The fraction of sp³-hybridized carbons (Fsp3) is 0.412. The topological polar surface area (TPSA) is 66.3 Å². The summed E-state index contributed by atoms with van der Waals surface area (Å²) < 4.78 is 4.99. The van der Waals surface area contributed by atoms with E-state index >= 15 is 0 Å². The van der Waals surface area contributed by atoms with Crippen LogP contribution in [0.5, 0.6) is 0 Å². The van der Waals surface area contributed by atoms with Gasteiger partial charge in [-0.3, -0.25) is 9.59 Å². The lowest BCUT2D eigenvalue weighted by Crippen LogP contribution is -2.37. The molecule has 0 aliphatic carbocycles. The highest BCUT2D eigenvalue weighted by molar-refractivity contribution is 6.30. The van der Waals surface area contributed by atoms with Crippen molar-refractivity contribution in [1.29, 1.82) is 0 Å². The number of nitrogens with zero attached hydrogens (tertiary/aromatic N) is 1. The summed E-state index contributed by atoms with van der Waals surface area (Å²) in [5, 5.41) is 2.91. The summed E-state index contributed by atoms with van der Waals surface area (Å²) >= 11 is 5.90. The lowest BCUT2D eigenvalue weighted by Gasteiger charge is -2.29. The summed E-state index contributed by atoms with van der Waals surface area (Å²) in [5.41, 5.74) is 0.753. The van der Waals surface area contributed by atoms with Gasteiger partial charge in [-0.2, -0.15) is 5.16 Å². The van der Waals surface area contributed by atoms with Crippen LogP contribution < -0.4 is 5.56 Å². The zero-order valence-corrected chi connectivity index (χ0v) is 14.1. The van der Waals surface area contributed by atoms with Gasteiger partial charge in [0.05, 0.1) is 0 Å². The number of rotatable bonds is 7. The number of hydrogen-bond donors (Lipinski definition) is 1. The Hall–Kier alpha value is -2.01. The van der Waals surface area contributed by atoms with Gasteiger partial charge in [0.25, 0.3) is 5.56 Å². The van der Waals surface area contributed by atoms with Crippen molar-refractivity contribution >= 4 is 17.5 Å². The molecule has 1 heterocycles. The number of carbonyl (C=O) groups excluding carboxylic acids is 1. The van der Waals surface area contributed by atoms with Gasteiger partial charge >= 0.3 is 0 Å². The number of nitrogens with one attached hydrogen (secondary N) is 1. The molecule has 1 atom stereocenters. The molecule has 23 heavy (non-hydrogen) atoms. The molecule has 0 saturated carbocycles. The SMILES string of the molecule is CC[C@H](C)N(Cc1ccc(Cl)cc1)C(=O)CCc1cc(=O)[nH]o1. The van der Waals surface area contributed by atoms with Crippen molar-refractivity contribution < 1.29 is 9.32 Å². The standard InChI is InChI=1S/C17H21ClN2O3/c1-3-12(2)20(11-13-4-6-14(18)7-5-13)17(22)9-8-15-10-16(21)19-23-15/h4-7,10,12H,3,8-9,11H2,1-2H3,(H,19,21)/t12-/m0/s1. The summed E-state index contributed by atoms with van der Waals surface area (Å²) in [7, 11) is 0. The van der Waals surface area contributed by atoms with E-state index in [1.165, 1.54) is 6.07 Å². The second-order valence-corrected chi connectivity index (χ2v) is 6.02. The molecule has 0 bridgehead atoms. The van der Waals surface area contributed by atoms with E-state index in [0.717, 1.165) is 12.0 Å². The van der Waals surface area contributed by atoms with Gasteiger partial charge in [0.15, 0.2) is 0 Å². The van der Waals surface area contributed by atoms with Gasteiger partial charge in [-0.25, -0.2) is 0 Å². The molecule has 2 rings (SSSR count). The maximum Gasteiger partial charge on any atom is 0.280 e. The summed E-state index contributed by atoms with van der Waals surface area (Å²) in [6.07, 6.45) is 1.59. The predicted octanol–water partition coefficient (Wildman–Crippen LogP) is 3.38. The summed E-state index contributed by atoms with van der Waals surface area (Å²) in [4.78, 5) is 25.5. The van der Waals surface area contributed by atoms with Crippen molar-refractivity contribution in [1.82, 2.24) is 10.1 Å². The third-order valence-corrected chi connectivity index (χ3v) is 4.12. The van der Waals surface area contributed by atoms with Gasteiger partial charge in [0, 0.05) is 36.5 Å². The first-order valence-corrected chi connectivity index (χ1v) is 8.08. The number of amides is 1. The molecule has 6 heteroatoms. The molecule has 1 N–H and O–H groups in total. The van der Waals surface area contributed by atoms with Crippen LogP contribution in [0.1, 0.15) is 38.0 Å². The molecule has 5 nitrogen and oxygen atoms in total. The van der Waals surface area contributed by atoms with Gasteiger partial charge in [-0.05, 0) is 31.0 Å². The molecule has 124 valence electrons. The van der Waals surface area contributed by atoms with Crippen LogP contribution in [0.15, 0.2) is 39.6 Å². The fourth-order valence-corrected chi connectivity index (χ4v) is 2.44. The molecule has 0 radical (unpaired) electrons. The van der Waals surface area contributed by atoms with E-state index in [2.05, 4.69) is 12.1 Å². The van der Waals surface area contributed by atoms with Crippen LogP contribution in [-0.2, 0) is 17.8 Å². The van der Waals surface area contributed by atoms with Gasteiger partial charge in [-0.15, -0.1) is 0 Å². The van der Waals surface area contributed by atoms with Crippen LogP contribution in [0.4, 0.5) is 0 Å². The number of hydrogen-bond acceptors (Lipinski definition) is 3. The summed E-state index contributed by atoms with van der Waals surface area (Å²) in [6, 6.07) is 9.01. The first-order chi connectivity index (χ1) is 11.0. The maximum absolute atomic E-state index is 12.6. The lowest BCUT2D eigenvalue weighted by molar-refractivity contribution is -0.134. The Labute approximate surface area is 140 Å². The Kier molecular flexibility index (Phi) is 6.04. The van der Waals surface area contributed by atoms with Crippen molar-refractivity contribution in [2.75, 3.05) is 0 Å². The lowest BCUT2D eigenvalue weighted by atomic mass is 10.1. The van der Waals surface area contributed by atoms with Gasteiger partial charge in [0.2, 0.25) is 5.91 Å².